The fourth-order valence-electron chi connectivity index (χ4n) is 3.33. The van der Waals surface area contributed by atoms with E-state index in [9.17, 15) is 4.79 Å². The monoisotopic (exact) mass is 252 g/mol. The van der Waals surface area contributed by atoms with Crippen LogP contribution in [-0.2, 0) is 4.79 Å². The summed E-state index contributed by atoms with van der Waals surface area (Å²) < 4.78 is 0. The van der Waals surface area contributed by atoms with Crippen LogP contribution in [0, 0.1) is 11.3 Å². The Morgan fingerprint density at radius 2 is 1.89 bits per heavy atom. The van der Waals surface area contributed by atoms with Crippen LogP contribution < -0.4 is 10.6 Å². The van der Waals surface area contributed by atoms with Gasteiger partial charge < -0.3 is 10.6 Å². The molecule has 0 aromatic heterocycles. The maximum Gasteiger partial charge on any atom is 0.225 e. The third-order valence-electron chi connectivity index (χ3n) is 4.80. The highest BCUT2D eigenvalue weighted by atomic mass is 16.2. The van der Waals surface area contributed by atoms with E-state index in [1.54, 1.807) is 0 Å². The topological polar surface area (TPSA) is 41.1 Å². The lowest BCUT2D eigenvalue weighted by molar-refractivity contribution is -0.131. The summed E-state index contributed by atoms with van der Waals surface area (Å²) in [6.07, 6.45) is 9.59. The predicted octanol–water partition coefficient (Wildman–Crippen LogP) is 2.46. The molecule has 1 saturated carbocycles. The molecule has 1 saturated heterocycles. The summed E-state index contributed by atoms with van der Waals surface area (Å²) in [6.45, 7) is 5.32. The van der Waals surface area contributed by atoms with E-state index < -0.39 is 0 Å². The molecule has 104 valence electrons. The first kappa shape index (κ1) is 13.9. The molecule has 1 aliphatic carbocycles. The van der Waals surface area contributed by atoms with E-state index >= 15 is 0 Å². The lowest BCUT2D eigenvalue weighted by Gasteiger charge is -2.32. The number of rotatable bonds is 4. The Balaban J connectivity index is 1.67. The molecule has 2 aliphatic rings. The number of hydrogen-bond donors (Lipinski definition) is 2. The Bertz CT molecular complexity index is 266. The maximum absolute atomic E-state index is 12.2. The minimum absolute atomic E-state index is 0.0770. The van der Waals surface area contributed by atoms with E-state index in [1.807, 2.05) is 0 Å². The molecule has 3 nitrogen and oxygen atoms in total. The number of carbonyl (C=O) groups excluding carboxylic acids is 1. The Morgan fingerprint density at radius 3 is 2.56 bits per heavy atom. The van der Waals surface area contributed by atoms with Gasteiger partial charge in [-0.15, -0.1) is 0 Å². The van der Waals surface area contributed by atoms with Gasteiger partial charge in [0.05, 0.1) is 0 Å². The standard InChI is InChI=1S/C15H28N2O/c1-15(8-3-2-4-9-15)14(18)17-12-7-13-5-10-16-11-6-13/h13,16H,2-12H2,1H3,(H,17,18). The van der Waals surface area contributed by atoms with Gasteiger partial charge in [-0.2, -0.15) is 0 Å². The first-order valence-corrected chi connectivity index (χ1v) is 7.70. The summed E-state index contributed by atoms with van der Waals surface area (Å²) in [5, 5.41) is 6.57. The highest BCUT2D eigenvalue weighted by Gasteiger charge is 2.34. The zero-order valence-electron chi connectivity index (χ0n) is 11.8. The summed E-state index contributed by atoms with van der Waals surface area (Å²) in [5.74, 6) is 1.11. The van der Waals surface area contributed by atoms with Crippen molar-refractivity contribution in [2.24, 2.45) is 11.3 Å². The van der Waals surface area contributed by atoms with Crippen LogP contribution in [0.1, 0.15) is 58.3 Å². The van der Waals surface area contributed by atoms with E-state index in [-0.39, 0.29) is 5.41 Å². The molecule has 1 aliphatic heterocycles. The quantitative estimate of drug-likeness (QED) is 0.807. The van der Waals surface area contributed by atoms with Gasteiger partial charge in [0, 0.05) is 12.0 Å². The lowest BCUT2D eigenvalue weighted by atomic mass is 9.75. The number of nitrogens with one attached hydrogen (secondary N) is 2. The molecular formula is C15H28N2O. The maximum atomic E-state index is 12.2. The summed E-state index contributed by atoms with van der Waals surface area (Å²) in [6, 6.07) is 0. The van der Waals surface area contributed by atoms with Crippen LogP contribution >= 0.6 is 0 Å². The molecule has 0 aromatic carbocycles. The van der Waals surface area contributed by atoms with E-state index in [2.05, 4.69) is 17.6 Å². The SMILES string of the molecule is CC1(C(=O)NCCC2CCNCC2)CCCCC1. The normalized spacial score (nSPS) is 24.7. The van der Waals surface area contributed by atoms with Crippen molar-refractivity contribution in [1.29, 1.82) is 0 Å². The van der Waals surface area contributed by atoms with Crippen molar-refractivity contribution in [3.63, 3.8) is 0 Å². The Labute approximate surface area is 111 Å². The Morgan fingerprint density at radius 1 is 1.22 bits per heavy atom. The first-order valence-electron chi connectivity index (χ1n) is 7.70. The van der Waals surface area contributed by atoms with E-state index in [0.29, 0.717) is 5.91 Å². The molecule has 18 heavy (non-hydrogen) atoms. The average Bonchev–Trinajstić information content (AvgIpc) is 2.41. The van der Waals surface area contributed by atoms with Crippen molar-refractivity contribution >= 4 is 5.91 Å². The zero-order chi connectivity index (χ0) is 12.8. The van der Waals surface area contributed by atoms with Crippen LogP contribution in [0.4, 0.5) is 0 Å². The highest BCUT2D eigenvalue weighted by Crippen LogP contribution is 2.35. The molecule has 1 heterocycles. The minimum Gasteiger partial charge on any atom is -0.356 e. The number of piperidine rings is 1. The van der Waals surface area contributed by atoms with Gasteiger partial charge in [-0.25, -0.2) is 0 Å². The van der Waals surface area contributed by atoms with E-state index in [4.69, 9.17) is 0 Å². The van der Waals surface area contributed by atoms with Crippen LogP contribution in [0.2, 0.25) is 0 Å². The van der Waals surface area contributed by atoms with E-state index in [1.165, 1.54) is 32.1 Å². The molecule has 0 unspecified atom stereocenters. The van der Waals surface area contributed by atoms with Gasteiger partial charge in [-0.1, -0.05) is 26.2 Å². The average molecular weight is 252 g/mol. The van der Waals surface area contributed by atoms with Gasteiger partial charge >= 0.3 is 0 Å². The molecule has 0 radical (unpaired) electrons. The largest absolute Gasteiger partial charge is 0.356 e. The van der Waals surface area contributed by atoms with Gasteiger partial charge in [-0.05, 0) is 51.1 Å². The fourth-order valence-corrected chi connectivity index (χ4v) is 3.33. The van der Waals surface area contributed by atoms with Crippen molar-refractivity contribution < 1.29 is 4.79 Å². The molecule has 0 atom stereocenters. The van der Waals surface area contributed by atoms with Gasteiger partial charge in [0.1, 0.15) is 0 Å². The van der Waals surface area contributed by atoms with Crippen molar-refractivity contribution in [2.45, 2.75) is 58.3 Å². The second-order valence-electron chi connectivity index (χ2n) is 6.36. The fraction of sp³-hybridized carbons (Fsp3) is 0.933. The molecule has 0 spiro atoms. The van der Waals surface area contributed by atoms with E-state index in [0.717, 1.165) is 44.8 Å². The predicted molar refractivity (Wildman–Crippen MR) is 74.4 cm³/mol. The molecular weight excluding hydrogens is 224 g/mol. The summed E-state index contributed by atoms with van der Waals surface area (Å²) in [4.78, 5) is 12.2. The van der Waals surface area contributed by atoms with Gasteiger partial charge in [0.2, 0.25) is 5.91 Å². The molecule has 2 rings (SSSR count). The summed E-state index contributed by atoms with van der Waals surface area (Å²) in [5.41, 5.74) is -0.0770. The number of amides is 1. The van der Waals surface area contributed by atoms with Crippen molar-refractivity contribution in [3.8, 4) is 0 Å². The molecule has 3 heteroatoms. The van der Waals surface area contributed by atoms with Crippen LogP contribution in [0.15, 0.2) is 0 Å². The molecule has 2 fully saturated rings. The lowest BCUT2D eigenvalue weighted by Crippen LogP contribution is -2.41. The van der Waals surface area contributed by atoms with Gasteiger partial charge in [0.25, 0.3) is 0 Å². The van der Waals surface area contributed by atoms with Crippen molar-refractivity contribution in [1.82, 2.24) is 10.6 Å². The number of carbonyl (C=O) groups is 1. The third-order valence-corrected chi connectivity index (χ3v) is 4.80. The third kappa shape index (κ3) is 3.71. The zero-order valence-corrected chi connectivity index (χ0v) is 11.8. The number of hydrogen-bond acceptors (Lipinski definition) is 2. The van der Waals surface area contributed by atoms with Gasteiger partial charge in [-0.3, -0.25) is 4.79 Å². The van der Waals surface area contributed by atoms with Crippen LogP contribution in [0.25, 0.3) is 0 Å². The first-order chi connectivity index (χ1) is 8.71. The molecule has 0 aromatic rings. The smallest absolute Gasteiger partial charge is 0.225 e. The highest BCUT2D eigenvalue weighted by molar-refractivity contribution is 5.82. The molecule has 1 amide bonds. The van der Waals surface area contributed by atoms with Crippen LogP contribution in [0.3, 0.4) is 0 Å². The molecule has 0 bridgehead atoms. The van der Waals surface area contributed by atoms with Crippen LogP contribution in [0.5, 0.6) is 0 Å². The van der Waals surface area contributed by atoms with Crippen LogP contribution in [-0.4, -0.2) is 25.5 Å². The summed E-state index contributed by atoms with van der Waals surface area (Å²) >= 11 is 0. The van der Waals surface area contributed by atoms with Crippen molar-refractivity contribution in [3.05, 3.63) is 0 Å². The Kier molecular flexibility index (Phi) is 5.04. The second-order valence-corrected chi connectivity index (χ2v) is 6.36. The second kappa shape index (κ2) is 6.55. The van der Waals surface area contributed by atoms with Crippen molar-refractivity contribution in [2.75, 3.05) is 19.6 Å². The summed E-state index contributed by atoms with van der Waals surface area (Å²) in [7, 11) is 0. The minimum atomic E-state index is -0.0770. The Hall–Kier alpha value is -0.570. The van der Waals surface area contributed by atoms with Gasteiger partial charge in [0.15, 0.2) is 0 Å². The molecule has 2 N–H and O–H groups in total.